The number of benzene rings is 2. The molecular weight excluding hydrogens is 330 g/mol. The minimum absolute atomic E-state index is 0.127. The van der Waals surface area contributed by atoms with E-state index in [1.807, 2.05) is 62.4 Å². The highest BCUT2D eigenvalue weighted by Crippen LogP contribution is 2.31. The second-order valence-corrected chi connectivity index (χ2v) is 5.91. The molecule has 0 radical (unpaired) electrons. The Kier molecular flexibility index (Phi) is 7.33. The van der Waals surface area contributed by atoms with Crippen molar-refractivity contribution in [1.82, 2.24) is 5.32 Å². The molecule has 0 aliphatic heterocycles. The molecule has 5 nitrogen and oxygen atoms in total. The summed E-state index contributed by atoms with van der Waals surface area (Å²) in [5.41, 5.74) is 0.966. The summed E-state index contributed by atoms with van der Waals surface area (Å²) in [6, 6.07) is 14.9. The molecule has 0 aromatic heterocycles. The Morgan fingerprint density at radius 3 is 2.23 bits per heavy atom. The monoisotopic (exact) mass is 357 g/mol. The highest BCUT2D eigenvalue weighted by Gasteiger charge is 2.22. The number of hydrogen-bond acceptors (Lipinski definition) is 4. The minimum Gasteiger partial charge on any atom is -0.493 e. The van der Waals surface area contributed by atoms with Gasteiger partial charge < -0.3 is 19.5 Å². The Morgan fingerprint density at radius 1 is 0.962 bits per heavy atom. The quantitative estimate of drug-likeness (QED) is 0.733. The first-order valence-corrected chi connectivity index (χ1v) is 8.86. The largest absolute Gasteiger partial charge is 0.493 e. The van der Waals surface area contributed by atoms with Crippen LogP contribution >= 0.6 is 0 Å². The third-order valence-electron chi connectivity index (χ3n) is 4.22. The molecule has 0 saturated heterocycles. The summed E-state index contributed by atoms with van der Waals surface area (Å²) >= 11 is 0. The molecule has 2 atom stereocenters. The van der Waals surface area contributed by atoms with E-state index in [9.17, 15) is 4.79 Å². The molecule has 5 heteroatoms. The summed E-state index contributed by atoms with van der Waals surface area (Å²) < 4.78 is 16.5. The molecule has 0 unspecified atom stereocenters. The zero-order chi connectivity index (χ0) is 18.9. The molecule has 0 bridgehead atoms. The van der Waals surface area contributed by atoms with E-state index in [0.29, 0.717) is 23.7 Å². The van der Waals surface area contributed by atoms with Gasteiger partial charge in [-0.05, 0) is 42.7 Å². The lowest BCUT2D eigenvalue weighted by Crippen LogP contribution is -2.39. The average Bonchev–Trinajstić information content (AvgIpc) is 2.70. The Bertz CT molecular complexity index is 702. The SMILES string of the molecule is CC[C@H](Oc1ccccc1)C(=O)N[C@H](CC)c1ccc(OC)c(OC)c1. The van der Waals surface area contributed by atoms with Gasteiger partial charge in [0.2, 0.25) is 0 Å². The van der Waals surface area contributed by atoms with Crippen molar-refractivity contribution >= 4 is 5.91 Å². The number of para-hydroxylation sites is 1. The number of carbonyl (C=O) groups excluding carboxylic acids is 1. The number of amides is 1. The van der Waals surface area contributed by atoms with Crippen molar-refractivity contribution in [2.45, 2.75) is 38.8 Å². The van der Waals surface area contributed by atoms with Crippen molar-refractivity contribution in [1.29, 1.82) is 0 Å². The van der Waals surface area contributed by atoms with Gasteiger partial charge in [0.25, 0.3) is 5.91 Å². The Hall–Kier alpha value is -2.69. The van der Waals surface area contributed by atoms with Gasteiger partial charge in [-0.1, -0.05) is 38.1 Å². The standard InChI is InChI=1S/C21H27NO4/c1-5-17(15-12-13-19(24-3)20(14-15)25-4)22-21(23)18(6-2)26-16-10-8-7-9-11-16/h7-14,17-18H,5-6H2,1-4H3,(H,22,23)/t17-,18+/m1/s1. The van der Waals surface area contributed by atoms with E-state index in [2.05, 4.69) is 5.32 Å². The van der Waals surface area contributed by atoms with Crippen molar-refractivity contribution in [2.24, 2.45) is 0 Å². The molecule has 0 aliphatic carbocycles. The predicted octanol–water partition coefficient (Wildman–Crippen LogP) is 4.13. The number of methoxy groups -OCH3 is 2. The number of rotatable bonds is 9. The van der Waals surface area contributed by atoms with E-state index in [1.165, 1.54) is 0 Å². The van der Waals surface area contributed by atoms with Crippen LogP contribution < -0.4 is 19.5 Å². The molecular formula is C21H27NO4. The summed E-state index contributed by atoms with van der Waals surface area (Å²) in [5, 5.41) is 3.08. The second-order valence-electron chi connectivity index (χ2n) is 5.91. The number of nitrogens with one attached hydrogen (secondary N) is 1. The molecule has 0 aliphatic rings. The number of ether oxygens (including phenoxy) is 3. The van der Waals surface area contributed by atoms with Crippen LogP contribution in [0.1, 0.15) is 38.3 Å². The number of carbonyl (C=O) groups is 1. The van der Waals surface area contributed by atoms with Gasteiger partial charge in [0, 0.05) is 0 Å². The maximum absolute atomic E-state index is 12.7. The van der Waals surface area contributed by atoms with Crippen molar-refractivity contribution in [3.8, 4) is 17.2 Å². The van der Waals surface area contributed by atoms with E-state index in [1.54, 1.807) is 14.2 Å². The summed E-state index contributed by atoms with van der Waals surface area (Å²) in [5.74, 6) is 1.87. The molecule has 2 aromatic rings. The molecule has 140 valence electrons. The fourth-order valence-corrected chi connectivity index (χ4v) is 2.74. The Balaban J connectivity index is 2.11. The maximum Gasteiger partial charge on any atom is 0.261 e. The lowest BCUT2D eigenvalue weighted by Gasteiger charge is -2.23. The lowest BCUT2D eigenvalue weighted by molar-refractivity contribution is -0.128. The fraction of sp³-hybridized carbons (Fsp3) is 0.381. The van der Waals surface area contributed by atoms with Crippen LogP contribution in [0.25, 0.3) is 0 Å². The Labute approximate surface area is 155 Å². The summed E-state index contributed by atoms with van der Waals surface area (Å²) in [6.07, 6.45) is 0.804. The van der Waals surface area contributed by atoms with Gasteiger partial charge >= 0.3 is 0 Å². The highest BCUT2D eigenvalue weighted by atomic mass is 16.5. The van der Waals surface area contributed by atoms with E-state index in [0.717, 1.165) is 12.0 Å². The van der Waals surface area contributed by atoms with E-state index < -0.39 is 6.10 Å². The van der Waals surface area contributed by atoms with Gasteiger partial charge in [-0.2, -0.15) is 0 Å². The molecule has 26 heavy (non-hydrogen) atoms. The number of hydrogen-bond donors (Lipinski definition) is 1. The third kappa shape index (κ3) is 4.91. The van der Waals surface area contributed by atoms with Gasteiger partial charge in [0.05, 0.1) is 20.3 Å². The second kappa shape index (κ2) is 9.70. The summed E-state index contributed by atoms with van der Waals surface area (Å²) in [6.45, 7) is 3.96. The van der Waals surface area contributed by atoms with E-state index >= 15 is 0 Å². The van der Waals surface area contributed by atoms with Crippen molar-refractivity contribution in [3.05, 3.63) is 54.1 Å². The lowest BCUT2D eigenvalue weighted by atomic mass is 10.0. The van der Waals surface area contributed by atoms with Gasteiger partial charge in [-0.3, -0.25) is 4.79 Å². The molecule has 1 amide bonds. The molecule has 0 fully saturated rings. The van der Waals surface area contributed by atoms with Crippen molar-refractivity contribution < 1.29 is 19.0 Å². The van der Waals surface area contributed by atoms with E-state index in [4.69, 9.17) is 14.2 Å². The van der Waals surface area contributed by atoms with Crippen molar-refractivity contribution in [2.75, 3.05) is 14.2 Å². The van der Waals surface area contributed by atoms with Gasteiger partial charge in [0.15, 0.2) is 17.6 Å². The summed E-state index contributed by atoms with van der Waals surface area (Å²) in [4.78, 5) is 12.7. The first-order valence-electron chi connectivity index (χ1n) is 8.86. The zero-order valence-electron chi connectivity index (χ0n) is 15.8. The highest BCUT2D eigenvalue weighted by molar-refractivity contribution is 5.81. The minimum atomic E-state index is -0.536. The smallest absolute Gasteiger partial charge is 0.261 e. The van der Waals surface area contributed by atoms with Crippen LogP contribution in [0, 0.1) is 0 Å². The molecule has 0 saturated carbocycles. The molecule has 0 heterocycles. The average molecular weight is 357 g/mol. The molecule has 2 rings (SSSR count). The van der Waals surface area contributed by atoms with Crippen LogP contribution in [0.3, 0.4) is 0 Å². The van der Waals surface area contributed by atoms with Gasteiger partial charge in [0.1, 0.15) is 5.75 Å². The van der Waals surface area contributed by atoms with Gasteiger partial charge in [-0.25, -0.2) is 0 Å². The molecule has 2 aromatic carbocycles. The first-order chi connectivity index (χ1) is 12.6. The zero-order valence-corrected chi connectivity index (χ0v) is 15.8. The third-order valence-corrected chi connectivity index (χ3v) is 4.22. The van der Waals surface area contributed by atoms with Crippen LogP contribution in [0.2, 0.25) is 0 Å². The Morgan fingerprint density at radius 2 is 1.65 bits per heavy atom. The summed E-state index contributed by atoms with van der Waals surface area (Å²) in [7, 11) is 3.20. The molecule has 1 N–H and O–H groups in total. The van der Waals surface area contributed by atoms with Crippen LogP contribution in [0.5, 0.6) is 17.2 Å². The van der Waals surface area contributed by atoms with E-state index in [-0.39, 0.29) is 11.9 Å². The van der Waals surface area contributed by atoms with Crippen LogP contribution in [0.4, 0.5) is 0 Å². The van der Waals surface area contributed by atoms with Gasteiger partial charge in [-0.15, -0.1) is 0 Å². The van der Waals surface area contributed by atoms with Crippen LogP contribution in [-0.2, 0) is 4.79 Å². The van der Waals surface area contributed by atoms with Crippen molar-refractivity contribution in [3.63, 3.8) is 0 Å². The molecule has 0 spiro atoms. The fourth-order valence-electron chi connectivity index (χ4n) is 2.74. The first kappa shape index (κ1) is 19.6. The normalized spacial score (nSPS) is 12.8. The van der Waals surface area contributed by atoms with Crippen LogP contribution in [0.15, 0.2) is 48.5 Å². The van der Waals surface area contributed by atoms with Crippen LogP contribution in [-0.4, -0.2) is 26.2 Å². The predicted molar refractivity (Wildman–Crippen MR) is 102 cm³/mol. The maximum atomic E-state index is 12.7. The topological polar surface area (TPSA) is 56.8 Å².